The molecule has 4 heteroatoms. The van der Waals surface area contributed by atoms with E-state index in [2.05, 4.69) is 5.32 Å². The van der Waals surface area contributed by atoms with Crippen molar-refractivity contribution in [2.45, 2.75) is 51.3 Å². The van der Waals surface area contributed by atoms with Crippen molar-refractivity contribution in [1.29, 1.82) is 0 Å². The Morgan fingerprint density at radius 3 is 2.86 bits per heavy atom. The lowest BCUT2D eigenvalue weighted by Crippen LogP contribution is -2.46. The van der Waals surface area contributed by atoms with Crippen LogP contribution in [0.4, 0.5) is 0 Å². The van der Waals surface area contributed by atoms with E-state index in [9.17, 15) is 4.79 Å². The molecule has 3 atom stereocenters. The van der Waals surface area contributed by atoms with Gasteiger partial charge >= 0.3 is 5.97 Å². The first kappa shape index (κ1) is 11.5. The minimum Gasteiger partial charge on any atom is -0.480 e. The van der Waals surface area contributed by atoms with E-state index in [1.807, 2.05) is 13.8 Å². The van der Waals surface area contributed by atoms with Gasteiger partial charge in [-0.3, -0.25) is 10.1 Å². The molecule has 14 heavy (non-hydrogen) atoms. The lowest BCUT2D eigenvalue weighted by molar-refractivity contribution is -0.140. The van der Waals surface area contributed by atoms with E-state index < -0.39 is 12.0 Å². The summed E-state index contributed by atoms with van der Waals surface area (Å²) in [4.78, 5) is 10.8. The predicted octanol–water partition coefficient (Wildman–Crippen LogP) is 1.01. The summed E-state index contributed by atoms with van der Waals surface area (Å²) in [6, 6.07) is -0.326. The van der Waals surface area contributed by atoms with E-state index in [0.29, 0.717) is 6.42 Å². The number of hydrogen-bond donors (Lipinski definition) is 2. The van der Waals surface area contributed by atoms with Crippen LogP contribution in [-0.4, -0.2) is 35.9 Å². The van der Waals surface area contributed by atoms with Gasteiger partial charge in [0, 0.05) is 12.6 Å². The minimum absolute atomic E-state index is 0.124. The summed E-state index contributed by atoms with van der Waals surface area (Å²) in [7, 11) is 0. The van der Waals surface area contributed by atoms with Crippen LogP contribution in [0.25, 0.3) is 0 Å². The lowest BCUT2D eigenvalue weighted by Gasteiger charge is -2.23. The van der Waals surface area contributed by atoms with Crippen molar-refractivity contribution in [1.82, 2.24) is 5.32 Å². The molecule has 0 amide bonds. The van der Waals surface area contributed by atoms with Crippen LogP contribution in [0.2, 0.25) is 0 Å². The highest BCUT2D eigenvalue weighted by Gasteiger charge is 2.26. The number of carboxylic acids is 1. The van der Waals surface area contributed by atoms with Crippen molar-refractivity contribution in [3.05, 3.63) is 0 Å². The van der Waals surface area contributed by atoms with E-state index in [-0.39, 0.29) is 12.1 Å². The standard InChI is InChI=1S/C10H19NO3/c1-3-8(10(12)13)11-7(2)9-5-4-6-14-9/h7-9,11H,3-6H2,1-2H3,(H,12,13). The van der Waals surface area contributed by atoms with E-state index in [1.54, 1.807) is 0 Å². The highest BCUT2D eigenvalue weighted by Crippen LogP contribution is 2.15. The van der Waals surface area contributed by atoms with Crippen LogP contribution in [0.5, 0.6) is 0 Å². The van der Waals surface area contributed by atoms with Gasteiger partial charge in [-0.25, -0.2) is 0 Å². The van der Waals surface area contributed by atoms with Crippen molar-refractivity contribution < 1.29 is 14.6 Å². The van der Waals surface area contributed by atoms with Crippen molar-refractivity contribution >= 4 is 5.97 Å². The Kier molecular flexibility index (Phi) is 4.35. The van der Waals surface area contributed by atoms with Crippen LogP contribution in [0.1, 0.15) is 33.1 Å². The van der Waals surface area contributed by atoms with Gasteiger partial charge in [-0.2, -0.15) is 0 Å². The van der Waals surface area contributed by atoms with Gasteiger partial charge in [0.2, 0.25) is 0 Å². The van der Waals surface area contributed by atoms with Gasteiger partial charge in [0.05, 0.1) is 6.10 Å². The molecular weight excluding hydrogens is 182 g/mol. The van der Waals surface area contributed by atoms with E-state index in [4.69, 9.17) is 9.84 Å². The molecule has 3 unspecified atom stereocenters. The Morgan fingerprint density at radius 2 is 2.43 bits per heavy atom. The Balaban J connectivity index is 2.37. The van der Waals surface area contributed by atoms with Crippen LogP contribution < -0.4 is 5.32 Å². The largest absolute Gasteiger partial charge is 0.480 e. The zero-order valence-electron chi connectivity index (χ0n) is 8.82. The third-order valence-electron chi connectivity index (χ3n) is 2.69. The zero-order chi connectivity index (χ0) is 10.6. The lowest BCUT2D eigenvalue weighted by atomic mass is 10.1. The molecule has 0 bridgehead atoms. The molecule has 82 valence electrons. The number of hydrogen-bond acceptors (Lipinski definition) is 3. The van der Waals surface area contributed by atoms with Gasteiger partial charge in [0.15, 0.2) is 0 Å². The molecule has 2 N–H and O–H groups in total. The molecular formula is C10H19NO3. The van der Waals surface area contributed by atoms with E-state index >= 15 is 0 Å². The summed E-state index contributed by atoms with van der Waals surface area (Å²) < 4.78 is 5.48. The second-order valence-electron chi connectivity index (χ2n) is 3.81. The highest BCUT2D eigenvalue weighted by atomic mass is 16.5. The van der Waals surface area contributed by atoms with Crippen molar-refractivity contribution in [3.8, 4) is 0 Å². The molecule has 0 radical (unpaired) electrons. The zero-order valence-corrected chi connectivity index (χ0v) is 8.82. The van der Waals surface area contributed by atoms with Gasteiger partial charge in [-0.1, -0.05) is 6.92 Å². The molecule has 0 aliphatic carbocycles. The van der Waals surface area contributed by atoms with Crippen LogP contribution >= 0.6 is 0 Å². The first-order chi connectivity index (χ1) is 6.65. The number of carbonyl (C=O) groups is 1. The molecule has 0 aromatic heterocycles. The highest BCUT2D eigenvalue weighted by molar-refractivity contribution is 5.73. The van der Waals surface area contributed by atoms with E-state index in [0.717, 1.165) is 19.4 Å². The van der Waals surface area contributed by atoms with Crippen molar-refractivity contribution in [2.24, 2.45) is 0 Å². The number of aliphatic carboxylic acids is 1. The number of carboxylic acid groups (broad SMARTS) is 1. The summed E-state index contributed by atoms with van der Waals surface area (Å²) in [5, 5.41) is 11.9. The second-order valence-corrected chi connectivity index (χ2v) is 3.81. The Labute approximate surface area is 84.6 Å². The molecule has 0 aromatic carbocycles. The molecule has 1 saturated heterocycles. The quantitative estimate of drug-likeness (QED) is 0.697. The van der Waals surface area contributed by atoms with Gasteiger partial charge in [0.1, 0.15) is 6.04 Å². The number of rotatable bonds is 5. The van der Waals surface area contributed by atoms with Crippen LogP contribution in [-0.2, 0) is 9.53 Å². The van der Waals surface area contributed by atoms with Crippen molar-refractivity contribution in [2.75, 3.05) is 6.61 Å². The summed E-state index contributed by atoms with van der Waals surface area (Å²) in [6.45, 7) is 4.66. The molecule has 1 aliphatic rings. The topological polar surface area (TPSA) is 58.6 Å². The van der Waals surface area contributed by atoms with Gasteiger partial charge in [-0.05, 0) is 26.2 Å². The SMILES string of the molecule is CCC(NC(C)C1CCCO1)C(=O)O. The third-order valence-corrected chi connectivity index (χ3v) is 2.69. The normalized spacial score (nSPS) is 26.0. The summed E-state index contributed by atoms with van der Waals surface area (Å²) in [5.41, 5.74) is 0. The second kappa shape index (κ2) is 5.32. The fraction of sp³-hybridized carbons (Fsp3) is 0.900. The molecule has 1 rings (SSSR count). The third kappa shape index (κ3) is 2.96. The van der Waals surface area contributed by atoms with Gasteiger partial charge in [0.25, 0.3) is 0 Å². The maximum atomic E-state index is 10.8. The molecule has 0 saturated carbocycles. The first-order valence-electron chi connectivity index (χ1n) is 5.25. The molecule has 0 spiro atoms. The fourth-order valence-electron chi connectivity index (χ4n) is 1.79. The fourth-order valence-corrected chi connectivity index (χ4v) is 1.79. The number of nitrogens with one attached hydrogen (secondary N) is 1. The van der Waals surface area contributed by atoms with Crippen LogP contribution in [0.3, 0.4) is 0 Å². The van der Waals surface area contributed by atoms with Gasteiger partial charge < -0.3 is 9.84 Å². The van der Waals surface area contributed by atoms with Crippen LogP contribution in [0.15, 0.2) is 0 Å². The molecule has 4 nitrogen and oxygen atoms in total. The Hall–Kier alpha value is -0.610. The minimum atomic E-state index is -0.780. The maximum absolute atomic E-state index is 10.8. The summed E-state index contributed by atoms with van der Waals surface area (Å²) in [6.07, 6.45) is 2.90. The van der Waals surface area contributed by atoms with Crippen molar-refractivity contribution in [3.63, 3.8) is 0 Å². The van der Waals surface area contributed by atoms with E-state index in [1.165, 1.54) is 0 Å². The Morgan fingerprint density at radius 1 is 1.71 bits per heavy atom. The molecule has 1 aliphatic heterocycles. The first-order valence-corrected chi connectivity index (χ1v) is 5.25. The predicted molar refractivity (Wildman–Crippen MR) is 53.3 cm³/mol. The monoisotopic (exact) mass is 201 g/mol. The van der Waals surface area contributed by atoms with Gasteiger partial charge in [-0.15, -0.1) is 0 Å². The average molecular weight is 201 g/mol. The maximum Gasteiger partial charge on any atom is 0.320 e. The molecule has 1 fully saturated rings. The Bertz CT molecular complexity index is 190. The summed E-state index contributed by atoms with van der Waals surface area (Å²) in [5.74, 6) is -0.780. The average Bonchev–Trinajstić information content (AvgIpc) is 2.65. The number of ether oxygens (including phenoxy) is 1. The molecule has 0 aromatic rings. The smallest absolute Gasteiger partial charge is 0.320 e. The summed E-state index contributed by atoms with van der Waals surface area (Å²) >= 11 is 0. The molecule has 1 heterocycles. The van der Waals surface area contributed by atoms with Crippen LogP contribution in [0, 0.1) is 0 Å².